The quantitative estimate of drug-likeness (QED) is 0.830. The maximum absolute atomic E-state index is 12.8. The molecule has 0 spiro atoms. The molecule has 0 aromatic carbocycles. The summed E-state index contributed by atoms with van der Waals surface area (Å²) in [5.74, 6) is -0.241. The van der Waals surface area contributed by atoms with Gasteiger partial charge in [-0.2, -0.15) is 5.10 Å². The molecule has 0 radical (unpaired) electrons. The fourth-order valence-corrected chi connectivity index (χ4v) is 2.83. The molecule has 2 rings (SSSR count). The first-order valence-electron chi connectivity index (χ1n) is 9.04. The van der Waals surface area contributed by atoms with Crippen molar-refractivity contribution in [3.8, 4) is 0 Å². The van der Waals surface area contributed by atoms with Gasteiger partial charge in [-0.25, -0.2) is 4.79 Å². The van der Waals surface area contributed by atoms with Crippen LogP contribution in [0.1, 0.15) is 63.5 Å². The van der Waals surface area contributed by atoms with E-state index in [2.05, 4.69) is 10.4 Å². The number of ether oxygens (including phenoxy) is 1. The molecule has 8 heteroatoms. The number of hydrogen-bond acceptors (Lipinski definition) is 5. The second-order valence-electron chi connectivity index (χ2n) is 7.97. The van der Waals surface area contributed by atoms with Crippen LogP contribution in [-0.4, -0.2) is 56.1 Å². The second-order valence-corrected chi connectivity index (χ2v) is 7.97. The van der Waals surface area contributed by atoms with Gasteiger partial charge in [-0.05, 0) is 40.5 Å². The lowest BCUT2D eigenvalue weighted by molar-refractivity contribution is 0.0193. The number of nitrogens with zero attached hydrogens (tertiary/aromatic N) is 3. The minimum Gasteiger partial charge on any atom is -0.444 e. The highest BCUT2D eigenvalue weighted by molar-refractivity contribution is 5.95. The third-order valence-electron chi connectivity index (χ3n) is 4.63. The van der Waals surface area contributed by atoms with E-state index in [1.807, 2.05) is 34.6 Å². The van der Waals surface area contributed by atoms with E-state index in [1.165, 1.54) is 6.20 Å². The summed E-state index contributed by atoms with van der Waals surface area (Å²) < 4.78 is 7.18. The Morgan fingerprint density at radius 3 is 2.58 bits per heavy atom. The summed E-state index contributed by atoms with van der Waals surface area (Å²) in [7, 11) is 0. The van der Waals surface area contributed by atoms with Crippen LogP contribution in [0.25, 0.3) is 0 Å². The highest BCUT2D eigenvalue weighted by Crippen LogP contribution is 2.21. The van der Waals surface area contributed by atoms with Crippen LogP contribution in [0, 0.1) is 0 Å². The van der Waals surface area contributed by atoms with E-state index >= 15 is 0 Å². The standard InChI is InChI=1S/C18H30N4O4/c1-6-18(5,7-10-23)20-15(24)13-11-19-22-9-8-21(12-14(13)22)16(25)26-17(2,3)4/h11,23H,6-10,12H2,1-5H3,(H,20,24)/t18-/m1/s1. The average molecular weight is 366 g/mol. The van der Waals surface area contributed by atoms with Crippen molar-refractivity contribution in [3.05, 3.63) is 17.5 Å². The third kappa shape index (κ3) is 4.75. The summed E-state index contributed by atoms with van der Waals surface area (Å²) in [6, 6.07) is 0. The number of hydrogen-bond donors (Lipinski definition) is 2. The number of fused-ring (bicyclic) bond motifs is 1. The summed E-state index contributed by atoms with van der Waals surface area (Å²) in [4.78, 5) is 26.7. The Labute approximate surface area is 154 Å². The van der Waals surface area contributed by atoms with Gasteiger partial charge in [0.2, 0.25) is 0 Å². The summed E-state index contributed by atoms with van der Waals surface area (Å²) in [5, 5.41) is 16.5. The maximum Gasteiger partial charge on any atom is 0.410 e. The first kappa shape index (κ1) is 20.2. The van der Waals surface area contributed by atoms with Crippen molar-refractivity contribution in [2.45, 2.75) is 71.7 Å². The van der Waals surface area contributed by atoms with E-state index in [9.17, 15) is 14.7 Å². The molecule has 0 unspecified atom stereocenters. The Morgan fingerprint density at radius 1 is 1.31 bits per heavy atom. The van der Waals surface area contributed by atoms with Crippen molar-refractivity contribution >= 4 is 12.0 Å². The molecule has 146 valence electrons. The zero-order chi connectivity index (χ0) is 19.5. The Bertz CT molecular complexity index is 665. The van der Waals surface area contributed by atoms with Crippen molar-refractivity contribution in [2.24, 2.45) is 0 Å². The molecule has 1 aromatic heterocycles. The first-order valence-corrected chi connectivity index (χ1v) is 9.04. The molecule has 2 heterocycles. The molecule has 2 N–H and O–H groups in total. The lowest BCUT2D eigenvalue weighted by atomic mass is 9.94. The number of nitrogens with one attached hydrogen (secondary N) is 1. The number of rotatable bonds is 5. The smallest absolute Gasteiger partial charge is 0.410 e. The van der Waals surface area contributed by atoms with Gasteiger partial charge in [0.1, 0.15) is 5.60 Å². The van der Waals surface area contributed by atoms with Gasteiger partial charge in [0.25, 0.3) is 5.91 Å². The Balaban J connectivity index is 2.15. The maximum atomic E-state index is 12.8. The van der Waals surface area contributed by atoms with Crippen LogP contribution in [0.15, 0.2) is 6.20 Å². The van der Waals surface area contributed by atoms with Crippen LogP contribution in [0.5, 0.6) is 0 Å². The van der Waals surface area contributed by atoms with Crippen molar-refractivity contribution in [1.29, 1.82) is 0 Å². The lowest BCUT2D eigenvalue weighted by Crippen LogP contribution is -2.47. The number of aliphatic hydroxyl groups is 1. The van der Waals surface area contributed by atoms with Gasteiger partial charge in [-0.1, -0.05) is 6.92 Å². The average Bonchev–Trinajstić information content (AvgIpc) is 2.96. The summed E-state index contributed by atoms with van der Waals surface area (Å²) in [5.41, 5.74) is 0.0977. The van der Waals surface area contributed by atoms with E-state index in [0.29, 0.717) is 37.2 Å². The molecule has 8 nitrogen and oxygen atoms in total. The van der Waals surface area contributed by atoms with Gasteiger partial charge in [0.05, 0.1) is 30.5 Å². The van der Waals surface area contributed by atoms with E-state index in [1.54, 1.807) is 9.58 Å². The van der Waals surface area contributed by atoms with Gasteiger partial charge in [0.15, 0.2) is 0 Å². The SMILES string of the molecule is CC[C@](C)(CCO)NC(=O)c1cnn2c1CN(C(=O)OC(C)(C)C)CC2. The summed E-state index contributed by atoms with van der Waals surface area (Å²) in [6.07, 6.45) is 2.32. The van der Waals surface area contributed by atoms with E-state index in [4.69, 9.17) is 4.74 Å². The molecule has 26 heavy (non-hydrogen) atoms. The number of aromatic nitrogens is 2. The van der Waals surface area contributed by atoms with Crippen LogP contribution in [0.2, 0.25) is 0 Å². The minimum atomic E-state index is -0.567. The van der Waals surface area contributed by atoms with E-state index in [-0.39, 0.29) is 19.1 Å². The van der Waals surface area contributed by atoms with Crippen molar-refractivity contribution in [1.82, 2.24) is 20.0 Å². The lowest BCUT2D eigenvalue weighted by Gasteiger charge is -2.31. The molecule has 0 fully saturated rings. The summed E-state index contributed by atoms with van der Waals surface area (Å²) >= 11 is 0. The molecule has 0 aliphatic carbocycles. The topological polar surface area (TPSA) is 96.7 Å². The number of carbonyl (C=O) groups excluding carboxylic acids is 2. The van der Waals surface area contributed by atoms with Gasteiger partial charge >= 0.3 is 6.09 Å². The fraction of sp³-hybridized carbons (Fsp3) is 0.722. The van der Waals surface area contributed by atoms with Crippen LogP contribution in [0.4, 0.5) is 4.79 Å². The second kappa shape index (κ2) is 7.65. The predicted octanol–water partition coefficient (Wildman–Crippen LogP) is 1.91. The monoisotopic (exact) mass is 366 g/mol. The number of aliphatic hydroxyl groups excluding tert-OH is 1. The Morgan fingerprint density at radius 2 is 2.00 bits per heavy atom. The van der Waals surface area contributed by atoms with Crippen LogP contribution in [-0.2, 0) is 17.8 Å². The van der Waals surface area contributed by atoms with Crippen molar-refractivity contribution in [3.63, 3.8) is 0 Å². The normalized spacial score (nSPS) is 16.6. The molecular weight excluding hydrogens is 336 g/mol. The largest absolute Gasteiger partial charge is 0.444 e. The summed E-state index contributed by atoms with van der Waals surface area (Å²) in [6.45, 7) is 10.6. The van der Waals surface area contributed by atoms with Gasteiger partial charge in [-0.3, -0.25) is 9.48 Å². The zero-order valence-electron chi connectivity index (χ0n) is 16.3. The predicted molar refractivity (Wildman–Crippen MR) is 96.7 cm³/mol. The molecule has 1 aliphatic heterocycles. The van der Waals surface area contributed by atoms with Gasteiger partial charge in [-0.15, -0.1) is 0 Å². The number of carbonyl (C=O) groups is 2. The van der Waals surface area contributed by atoms with Gasteiger partial charge < -0.3 is 20.1 Å². The van der Waals surface area contributed by atoms with E-state index < -0.39 is 17.2 Å². The minimum absolute atomic E-state index is 0.00314. The third-order valence-corrected chi connectivity index (χ3v) is 4.63. The highest BCUT2D eigenvalue weighted by atomic mass is 16.6. The molecule has 0 bridgehead atoms. The number of amides is 2. The Kier molecular flexibility index (Phi) is 5.95. The van der Waals surface area contributed by atoms with Crippen LogP contribution < -0.4 is 5.32 Å². The van der Waals surface area contributed by atoms with Crippen molar-refractivity contribution < 1.29 is 19.4 Å². The molecule has 0 saturated carbocycles. The zero-order valence-corrected chi connectivity index (χ0v) is 16.3. The fourth-order valence-electron chi connectivity index (χ4n) is 2.83. The van der Waals surface area contributed by atoms with Gasteiger partial charge in [0, 0.05) is 18.7 Å². The van der Waals surface area contributed by atoms with Crippen molar-refractivity contribution in [2.75, 3.05) is 13.2 Å². The van der Waals surface area contributed by atoms with E-state index in [0.717, 1.165) is 0 Å². The highest BCUT2D eigenvalue weighted by Gasteiger charge is 2.31. The molecule has 1 aliphatic rings. The van der Waals surface area contributed by atoms with Crippen LogP contribution in [0.3, 0.4) is 0 Å². The molecule has 1 atom stereocenters. The molecule has 2 amide bonds. The molecular formula is C18H30N4O4. The van der Waals surface area contributed by atoms with Crippen LogP contribution >= 0.6 is 0 Å². The Hall–Kier alpha value is -2.09. The molecule has 0 saturated heterocycles. The molecule has 1 aromatic rings. The first-order chi connectivity index (χ1) is 12.1.